The number of phenolic OH excluding ortho intramolecular Hbond substituents is 1. The predicted molar refractivity (Wildman–Crippen MR) is 93.8 cm³/mol. The maximum absolute atomic E-state index is 13.1. The second-order valence-electron chi connectivity index (χ2n) is 5.75. The maximum atomic E-state index is 13.1. The van der Waals surface area contributed by atoms with Crippen LogP contribution in [0, 0.1) is 5.82 Å². The minimum atomic E-state index is -0.523. The van der Waals surface area contributed by atoms with Crippen molar-refractivity contribution < 1.29 is 19.0 Å². The van der Waals surface area contributed by atoms with Crippen LogP contribution in [0.3, 0.4) is 0 Å². The summed E-state index contributed by atoms with van der Waals surface area (Å²) in [5, 5.41) is 9.31. The number of carbonyl (C=O) groups excluding carboxylic acids is 1. The van der Waals surface area contributed by atoms with E-state index in [9.17, 15) is 14.3 Å². The van der Waals surface area contributed by atoms with Crippen LogP contribution in [0.15, 0.2) is 42.5 Å². The Morgan fingerprint density at radius 3 is 2.44 bits per heavy atom. The lowest BCUT2D eigenvalue weighted by atomic mass is 10.2. The van der Waals surface area contributed by atoms with Crippen molar-refractivity contribution in [2.75, 3.05) is 37.7 Å². The molecular weight excluding hydrogens is 347 g/mol. The molecule has 7 heteroatoms. The van der Waals surface area contributed by atoms with Gasteiger partial charge in [-0.3, -0.25) is 4.79 Å². The molecule has 132 valence electrons. The van der Waals surface area contributed by atoms with Crippen LogP contribution in [0.1, 0.15) is 0 Å². The highest BCUT2D eigenvalue weighted by Crippen LogP contribution is 2.22. The largest absolute Gasteiger partial charge is 0.508 e. The molecule has 2 aromatic carbocycles. The molecule has 0 saturated carbocycles. The van der Waals surface area contributed by atoms with E-state index in [2.05, 4.69) is 4.90 Å². The Balaban J connectivity index is 1.49. The van der Waals surface area contributed by atoms with Gasteiger partial charge in [-0.1, -0.05) is 11.6 Å². The number of piperazine rings is 1. The van der Waals surface area contributed by atoms with Gasteiger partial charge in [0.25, 0.3) is 5.91 Å². The van der Waals surface area contributed by atoms with Crippen LogP contribution in [0.5, 0.6) is 11.5 Å². The van der Waals surface area contributed by atoms with E-state index in [1.54, 1.807) is 17.0 Å². The van der Waals surface area contributed by atoms with Crippen LogP contribution >= 0.6 is 11.6 Å². The van der Waals surface area contributed by atoms with E-state index in [0.717, 1.165) is 5.69 Å². The highest BCUT2D eigenvalue weighted by atomic mass is 35.5. The molecule has 0 unspecified atom stereocenters. The number of rotatable bonds is 4. The van der Waals surface area contributed by atoms with E-state index in [1.165, 1.54) is 18.2 Å². The third-order valence-electron chi connectivity index (χ3n) is 4.10. The van der Waals surface area contributed by atoms with Gasteiger partial charge in [-0.2, -0.15) is 0 Å². The molecule has 3 rings (SSSR count). The number of carbonyl (C=O) groups is 1. The number of nitrogens with zero attached hydrogens (tertiary/aromatic N) is 2. The van der Waals surface area contributed by atoms with E-state index < -0.39 is 5.82 Å². The zero-order valence-electron chi connectivity index (χ0n) is 13.5. The highest BCUT2D eigenvalue weighted by Gasteiger charge is 2.21. The number of phenols is 1. The molecule has 1 saturated heterocycles. The van der Waals surface area contributed by atoms with Gasteiger partial charge in [0.2, 0.25) is 0 Å². The van der Waals surface area contributed by atoms with E-state index in [0.29, 0.717) is 31.9 Å². The highest BCUT2D eigenvalue weighted by molar-refractivity contribution is 6.30. The lowest BCUT2D eigenvalue weighted by Gasteiger charge is -2.36. The van der Waals surface area contributed by atoms with Crippen LogP contribution in [0.2, 0.25) is 5.02 Å². The van der Waals surface area contributed by atoms with Gasteiger partial charge >= 0.3 is 0 Å². The number of hydrogen-bond acceptors (Lipinski definition) is 4. The summed E-state index contributed by atoms with van der Waals surface area (Å²) in [5.74, 6) is -0.0467. The van der Waals surface area contributed by atoms with Crippen molar-refractivity contribution in [2.24, 2.45) is 0 Å². The molecule has 1 heterocycles. The van der Waals surface area contributed by atoms with Gasteiger partial charge in [0.05, 0.1) is 5.02 Å². The van der Waals surface area contributed by atoms with E-state index in [-0.39, 0.29) is 23.3 Å². The monoisotopic (exact) mass is 364 g/mol. The van der Waals surface area contributed by atoms with Gasteiger partial charge < -0.3 is 19.6 Å². The molecule has 0 spiro atoms. The van der Waals surface area contributed by atoms with Crippen molar-refractivity contribution in [3.05, 3.63) is 53.3 Å². The van der Waals surface area contributed by atoms with Gasteiger partial charge in [-0.05, 0) is 36.4 Å². The third kappa shape index (κ3) is 4.33. The summed E-state index contributed by atoms with van der Waals surface area (Å²) in [7, 11) is 0. The molecule has 1 aliphatic heterocycles. The lowest BCUT2D eigenvalue weighted by molar-refractivity contribution is -0.133. The van der Waals surface area contributed by atoms with E-state index in [4.69, 9.17) is 16.3 Å². The SMILES string of the molecule is O=C(COc1ccc(F)c(Cl)c1)N1CCN(c2ccc(O)cc2)CC1. The first-order chi connectivity index (χ1) is 12.0. The first-order valence-electron chi connectivity index (χ1n) is 7.92. The Morgan fingerprint density at radius 2 is 1.80 bits per heavy atom. The molecule has 1 aliphatic rings. The second kappa shape index (κ2) is 7.61. The normalized spacial score (nSPS) is 14.5. The van der Waals surface area contributed by atoms with E-state index in [1.807, 2.05) is 12.1 Å². The number of ether oxygens (including phenoxy) is 1. The van der Waals surface area contributed by atoms with Crippen molar-refractivity contribution in [1.82, 2.24) is 4.90 Å². The van der Waals surface area contributed by atoms with Crippen molar-refractivity contribution in [3.63, 3.8) is 0 Å². The average Bonchev–Trinajstić information content (AvgIpc) is 2.63. The number of hydrogen-bond donors (Lipinski definition) is 1. The quantitative estimate of drug-likeness (QED) is 0.906. The smallest absolute Gasteiger partial charge is 0.260 e. The van der Waals surface area contributed by atoms with Gasteiger partial charge in [0.1, 0.15) is 17.3 Å². The molecule has 1 N–H and O–H groups in total. The summed E-state index contributed by atoms with van der Waals surface area (Å²) in [6.45, 7) is 2.49. The minimum absolute atomic E-state index is 0.0348. The Kier molecular flexibility index (Phi) is 5.28. The predicted octanol–water partition coefficient (Wildman–Crippen LogP) is 2.91. The minimum Gasteiger partial charge on any atom is -0.508 e. The molecule has 1 fully saturated rings. The van der Waals surface area contributed by atoms with Gasteiger partial charge in [0.15, 0.2) is 6.61 Å². The van der Waals surface area contributed by atoms with Crippen LogP contribution in [-0.4, -0.2) is 48.7 Å². The first-order valence-corrected chi connectivity index (χ1v) is 8.30. The molecule has 0 atom stereocenters. The van der Waals surface area contributed by atoms with Crippen LogP contribution in [-0.2, 0) is 4.79 Å². The van der Waals surface area contributed by atoms with Crippen molar-refractivity contribution in [2.45, 2.75) is 0 Å². The Labute approximate surface area is 150 Å². The Bertz CT molecular complexity index is 746. The molecule has 0 radical (unpaired) electrons. The number of aromatic hydroxyl groups is 1. The summed E-state index contributed by atoms with van der Waals surface area (Å²) in [6.07, 6.45) is 0. The number of halogens is 2. The first kappa shape index (κ1) is 17.4. The van der Waals surface area contributed by atoms with Gasteiger partial charge in [-0.15, -0.1) is 0 Å². The maximum Gasteiger partial charge on any atom is 0.260 e. The molecule has 25 heavy (non-hydrogen) atoms. The number of amides is 1. The molecule has 0 bridgehead atoms. The fourth-order valence-electron chi connectivity index (χ4n) is 2.68. The van der Waals surface area contributed by atoms with Crippen LogP contribution in [0.25, 0.3) is 0 Å². The summed E-state index contributed by atoms with van der Waals surface area (Å²) in [4.78, 5) is 16.1. The molecular formula is C18H18ClFN2O3. The van der Waals surface area contributed by atoms with Crippen molar-refractivity contribution in [1.29, 1.82) is 0 Å². The van der Waals surface area contributed by atoms with Crippen LogP contribution < -0.4 is 9.64 Å². The molecule has 0 aliphatic carbocycles. The zero-order chi connectivity index (χ0) is 17.8. The summed E-state index contributed by atoms with van der Waals surface area (Å²) in [5.41, 5.74) is 1.02. The Hall–Kier alpha value is -2.47. The molecule has 1 amide bonds. The van der Waals surface area contributed by atoms with Crippen LogP contribution in [0.4, 0.5) is 10.1 Å². The van der Waals surface area contributed by atoms with Crippen molar-refractivity contribution in [3.8, 4) is 11.5 Å². The summed E-state index contributed by atoms with van der Waals surface area (Å²) < 4.78 is 18.5. The van der Waals surface area contributed by atoms with E-state index >= 15 is 0 Å². The number of anilines is 1. The summed E-state index contributed by atoms with van der Waals surface area (Å²) in [6, 6.07) is 11.0. The fourth-order valence-corrected chi connectivity index (χ4v) is 2.85. The van der Waals surface area contributed by atoms with Gasteiger partial charge in [0, 0.05) is 37.9 Å². The van der Waals surface area contributed by atoms with Gasteiger partial charge in [-0.25, -0.2) is 4.39 Å². The topological polar surface area (TPSA) is 53.0 Å². The third-order valence-corrected chi connectivity index (χ3v) is 4.39. The lowest BCUT2D eigenvalue weighted by Crippen LogP contribution is -2.50. The second-order valence-corrected chi connectivity index (χ2v) is 6.16. The van der Waals surface area contributed by atoms with Crippen molar-refractivity contribution >= 4 is 23.2 Å². The zero-order valence-corrected chi connectivity index (χ0v) is 14.2. The Morgan fingerprint density at radius 1 is 1.12 bits per heavy atom. The fraction of sp³-hybridized carbons (Fsp3) is 0.278. The molecule has 2 aromatic rings. The number of benzene rings is 2. The molecule has 5 nitrogen and oxygen atoms in total. The standard InChI is InChI=1S/C18H18ClFN2O3/c19-16-11-15(5-6-17(16)20)25-12-18(24)22-9-7-21(8-10-22)13-1-3-14(23)4-2-13/h1-6,11,23H,7-10,12H2. The summed E-state index contributed by atoms with van der Waals surface area (Å²) >= 11 is 5.69. The molecule has 0 aromatic heterocycles. The average molecular weight is 365 g/mol.